The van der Waals surface area contributed by atoms with Gasteiger partial charge in [0.15, 0.2) is 9.84 Å². The van der Waals surface area contributed by atoms with Crippen LogP contribution in [-0.2, 0) is 14.6 Å². The molecule has 0 unspecified atom stereocenters. The van der Waals surface area contributed by atoms with Crippen molar-refractivity contribution in [2.75, 3.05) is 5.75 Å². The van der Waals surface area contributed by atoms with E-state index in [1.165, 1.54) is 12.1 Å². The Labute approximate surface area is 88.2 Å². The summed E-state index contributed by atoms with van der Waals surface area (Å²) in [6.07, 6.45) is -0.131. The number of carbonyl (C=O) groups excluding carboxylic acids is 1. The van der Waals surface area contributed by atoms with Crippen LogP contribution in [0.1, 0.15) is 6.42 Å². The second-order valence-corrected chi connectivity index (χ2v) is 5.06. The van der Waals surface area contributed by atoms with Crippen LogP contribution in [0.4, 0.5) is 0 Å². The zero-order valence-electron chi connectivity index (χ0n) is 8.01. The molecular formula is C9H12N2O3S. The molecule has 0 aromatic heterocycles. The van der Waals surface area contributed by atoms with Crippen molar-refractivity contribution in [3.05, 3.63) is 30.3 Å². The summed E-state index contributed by atoms with van der Waals surface area (Å²) in [6, 6.07) is 7.99. The van der Waals surface area contributed by atoms with Crippen molar-refractivity contribution in [2.24, 2.45) is 5.84 Å². The topological polar surface area (TPSA) is 89.3 Å². The van der Waals surface area contributed by atoms with Gasteiger partial charge < -0.3 is 0 Å². The third-order valence-corrected chi connectivity index (χ3v) is 3.59. The van der Waals surface area contributed by atoms with Gasteiger partial charge in [0.1, 0.15) is 0 Å². The highest BCUT2D eigenvalue weighted by molar-refractivity contribution is 7.91. The molecule has 0 heterocycles. The Kier molecular flexibility index (Phi) is 3.81. The number of nitrogens with two attached hydrogens (primary N) is 1. The van der Waals surface area contributed by atoms with Crippen LogP contribution < -0.4 is 11.3 Å². The number of nitrogens with one attached hydrogen (secondary N) is 1. The van der Waals surface area contributed by atoms with Gasteiger partial charge in [-0.05, 0) is 12.1 Å². The van der Waals surface area contributed by atoms with Crippen LogP contribution >= 0.6 is 0 Å². The van der Waals surface area contributed by atoms with Crippen molar-refractivity contribution in [1.29, 1.82) is 0 Å². The van der Waals surface area contributed by atoms with E-state index in [0.29, 0.717) is 0 Å². The van der Waals surface area contributed by atoms with Crippen LogP contribution in [0.3, 0.4) is 0 Å². The smallest absolute Gasteiger partial charge is 0.234 e. The fourth-order valence-corrected chi connectivity index (χ4v) is 2.31. The first-order valence-electron chi connectivity index (χ1n) is 4.33. The predicted octanol–water partition coefficient (Wildman–Crippen LogP) is -0.160. The van der Waals surface area contributed by atoms with E-state index in [1.54, 1.807) is 18.2 Å². The van der Waals surface area contributed by atoms with Crippen molar-refractivity contribution in [2.45, 2.75) is 11.3 Å². The lowest BCUT2D eigenvalue weighted by molar-refractivity contribution is -0.120. The van der Waals surface area contributed by atoms with Crippen molar-refractivity contribution in [3.8, 4) is 0 Å². The number of hydrogen-bond donors (Lipinski definition) is 2. The van der Waals surface area contributed by atoms with E-state index in [9.17, 15) is 13.2 Å². The molecule has 0 aliphatic carbocycles. The Morgan fingerprint density at radius 3 is 2.40 bits per heavy atom. The highest BCUT2D eigenvalue weighted by Crippen LogP contribution is 2.10. The van der Waals surface area contributed by atoms with Crippen LogP contribution in [0.25, 0.3) is 0 Å². The van der Waals surface area contributed by atoms with Gasteiger partial charge in [-0.1, -0.05) is 18.2 Å². The molecule has 0 radical (unpaired) electrons. The molecule has 82 valence electrons. The Morgan fingerprint density at radius 1 is 1.27 bits per heavy atom. The lowest BCUT2D eigenvalue weighted by Gasteiger charge is -2.03. The molecule has 15 heavy (non-hydrogen) atoms. The summed E-state index contributed by atoms with van der Waals surface area (Å²) < 4.78 is 23.3. The van der Waals surface area contributed by atoms with Crippen LogP contribution in [0.15, 0.2) is 35.2 Å². The monoisotopic (exact) mass is 228 g/mol. The number of carbonyl (C=O) groups is 1. The minimum Gasteiger partial charge on any atom is -0.294 e. The standard InChI is InChI=1S/C9H12N2O3S/c10-11-9(12)6-7-15(13,14)8-4-2-1-3-5-8/h1-5H,6-7,10H2,(H,11,12). The van der Waals surface area contributed by atoms with Gasteiger partial charge in [-0.3, -0.25) is 10.2 Å². The zero-order valence-corrected chi connectivity index (χ0v) is 8.83. The molecule has 0 atom stereocenters. The summed E-state index contributed by atoms with van der Waals surface area (Å²) in [5.74, 6) is 4.12. The van der Waals surface area contributed by atoms with Crippen molar-refractivity contribution in [1.82, 2.24) is 5.43 Å². The third kappa shape index (κ3) is 3.34. The van der Waals surface area contributed by atoms with E-state index >= 15 is 0 Å². The maximum atomic E-state index is 11.6. The molecule has 5 nitrogen and oxygen atoms in total. The SMILES string of the molecule is NNC(=O)CCS(=O)(=O)c1ccccc1. The van der Waals surface area contributed by atoms with Gasteiger partial charge in [0.25, 0.3) is 0 Å². The molecule has 1 amide bonds. The normalized spacial score (nSPS) is 11.0. The first-order valence-corrected chi connectivity index (χ1v) is 5.99. The summed E-state index contributed by atoms with van der Waals surface area (Å²) in [5.41, 5.74) is 1.89. The third-order valence-electron chi connectivity index (χ3n) is 1.86. The molecule has 0 spiro atoms. The highest BCUT2D eigenvalue weighted by atomic mass is 32.2. The molecule has 0 bridgehead atoms. The van der Waals surface area contributed by atoms with Gasteiger partial charge >= 0.3 is 0 Å². The van der Waals surface area contributed by atoms with E-state index in [2.05, 4.69) is 0 Å². The van der Waals surface area contributed by atoms with E-state index in [-0.39, 0.29) is 17.1 Å². The Morgan fingerprint density at radius 2 is 1.87 bits per heavy atom. The minimum absolute atomic E-state index is 0.131. The first-order chi connectivity index (χ1) is 7.06. The molecule has 1 aromatic carbocycles. The highest BCUT2D eigenvalue weighted by Gasteiger charge is 2.15. The predicted molar refractivity (Wildman–Crippen MR) is 55.4 cm³/mol. The minimum atomic E-state index is -3.38. The van der Waals surface area contributed by atoms with Crippen LogP contribution in [0.5, 0.6) is 0 Å². The first kappa shape index (κ1) is 11.7. The number of amides is 1. The molecule has 0 saturated carbocycles. The largest absolute Gasteiger partial charge is 0.294 e. The van der Waals surface area contributed by atoms with E-state index in [0.717, 1.165) is 0 Å². The summed E-state index contributed by atoms with van der Waals surface area (Å²) in [5, 5.41) is 0. The van der Waals surface area contributed by atoms with Crippen molar-refractivity contribution < 1.29 is 13.2 Å². The molecule has 6 heteroatoms. The number of benzene rings is 1. The second-order valence-electron chi connectivity index (χ2n) is 2.95. The molecule has 0 aliphatic rings. The Balaban J connectivity index is 2.73. The molecule has 3 N–H and O–H groups in total. The number of hydrazine groups is 1. The summed E-state index contributed by atoms with van der Waals surface area (Å²) in [7, 11) is -3.38. The van der Waals surface area contributed by atoms with Crippen molar-refractivity contribution >= 4 is 15.7 Å². The van der Waals surface area contributed by atoms with E-state index in [4.69, 9.17) is 5.84 Å². The van der Waals surface area contributed by atoms with Crippen LogP contribution in [-0.4, -0.2) is 20.1 Å². The second kappa shape index (κ2) is 4.90. The number of rotatable bonds is 4. The number of hydrogen-bond acceptors (Lipinski definition) is 4. The van der Waals surface area contributed by atoms with Gasteiger partial charge in [-0.2, -0.15) is 0 Å². The molecular weight excluding hydrogens is 216 g/mol. The lowest BCUT2D eigenvalue weighted by Crippen LogP contribution is -2.31. The molecule has 0 fully saturated rings. The zero-order chi connectivity index (χ0) is 11.3. The quantitative estimate of drug-likeness (QED) is 0.426. The maximum absolute atomic E-state index is 11.6. The fourth-order valence-electron chi connectivity index (χ4n) is 1.04. The summed E-state index contributed by atoms with van der Waals surface area (Å²) >= 11 is 0. The number of sulfone groups is 1. The van der Waals surface area contributed by atoms with Gasteiger partial charge in [-0.15, -0.1) is 0 Å². The van der Waals surface area contributed by atoms with Gasteiger partial charge in [0.05, 0.1) is 10.6 Å². The molecule has 1 rings (SSSR count). The average molecular weight is 228 g/mol. The molecule has 0 saturated heterocycles. The van der Waals surface area contributed by atoms with Gasteiger partial charge in [0, 0.05) is 6.42 Å². The van der Waals surface area contributed by atoms with Crippen LogP contribution in [0, 0.1) is 0 Å². The van der Waals surface area contributed by atoms with E-state index in [1.807, 2.05) is 5.43 Å². The Bertz CT molecular complexity index is 428. The van der Waals surface area contributed by atoms with Gasteiger partial charge in [0.2, 0.25) is 5.91 Å². The van der Waals surface area contributed by atoms with E-state index < -0.39 is 15.7 Å². The molecule has 0 aliphatic heterocycles. The summed E-state index contributed by atoms with van der Waals surface area (Å²) in [4.78, 5) is 11.0. The fraction of sp³-hybridized carbons (Fsp3) is 0.222. The average Bonchev–Trinajstić information content (AvgIpc) is 2.27. The molecule has 1 aromatic rings. The summed E-state index contributed by atoms with van der Waals surface area (Å²) in [6.45, 7) is 0. The Hall–Kier alpha value is -1.40. The maximum Gasteiger partial charge on any atom is 0.234 e. The van der Waals surface area contributed by atoms with Gasteiger partial charge in [-0.25, -0.2) is 14.3 Å². The lowest BCUT2D eigenvalue weighted by atomic mass is 10.4. The van der Waals surface area contributed by atoms with Crippen LogP contribution in [0.2, 0.25) is 0 Å². The van der Waals surface area contributed by atoms with Crippen molar-refractivity contribution in [3.63, 3.8) is 0 Å².